The summed E-state index contributed by atoms with van der Waals surface area (Å²) in [6, 6.07) is 8.58. The summed E-state index contributed by atoms with van der Waals surface area (Å²) in [6.07, 6.45) is 4.98. The third kappa shape index (κ3) is 2.69. The van der Waals surface area contributed by atoms with Gasteiger partial charge < -0.3 is 5.73 Å². The minimum Gasteiger partial charge on any atom is -0.323 e. The number of rotatable bonds is 3. The van der Waals surface area contributed by atoms with E-state index in [1.807, 2.05) is 24.2 Å². The van der Waals surface area contributed by atoms with Gasteiger partial charge in [-0.05, 0) is 23.4 Å². The van der Waals surface area contributed by atoms with Gasteiger partial charge in [0.1, 0.15) is 0 Å². The van der Waals surface area contributed by atoms with Crippen LogP contribution in [0.3, 0.4) is 0 Å². The summed E-state index contributed by atoms with van der Waals surface area (Å²) in [6.45, 7) is 2.27. The molecule has 2 aromatic rings. The monoisotopic (exact) mass is 304 g/mol. The van der Waals surface area contributed by atoms with Gasteiger partial charge in [0.25, 0.3) is 0 Å². The Hall–Kier alpha value is -0.710. The zero-order valence-electron chi connectivity index (χ0n) is 11.7. The van der Waals surface area contributed by atoms with E-state index in [1.165, 1.54) is 34.3 Å². The number of aromatic nitrogens is 1. The van der Waals surface area contributed by atoms with Gasteiger partial charge in [-0.25, -0.2) is 0 Å². The Morgan fingerprint density at radius 1 is 1.30 bits per heavy atom. The van der Waals surface area contributed by atoms with Crippen LogP contribution in [0.4, 0.5) is 0 Å². The largest absolute Gasteiger partial charge is 0.323 e. The second kappa shape index (κ2) is 6.37. The molecule has 0 saturated carbocycles. The molecule has 0 bridgehead atoms. The zero-order valence-corrected chi connectivity index (χ0v) is 13.3. The van der Waals surface area contributed by atoms with E-state index >= 15 is 0 Å². The number of thioether (sulfide) groups is 2. The van der Waals surface area contributed by atoms with Crippen LogP contribution in [0, 0.1) is 0 Å². The summed E-state index contributed by atoms with van der Waals surface area (Å²) in [4.78, 5) is 4.21. The molecule has 2 heterocycles. The quantitative estimate of drug-likeness (QED) is 0.934. The van der Waals surface area contributed by atoms with Crippen LogP contribution in [0.5, 0.6) is 0 Å². The maximum atomic E-state index is 6.65. The molecule has 0 spiro atoms. The van der Waals surface area contributed by atoms with Gasteiger partial charge >= 0.3 is 0 Å². The molecule has 1 aromatic heterocycles. The molecule has 2 N–H and O–H groups in total. The minimum atomic E-state index is 0.101. The van der Waals surface area contributed by atoms with Crippen molar-refractivity contribution in [2.45, 2.75) is 29.9 Å². The molecule has 3 rings (SSSR count). The highest BCUT2D eigenvalue weighted by atomic mass is 32.2. The standard InChI is InChI=1S/C16H20N2S2/c1-2-14-16(20-9-8-19-14)15(17)13-5-3-4-11-10-18-7-6-12(11)13/h3-7,10,14-16H,2,8-9,17H2,1H3. The van der Waals surface area contributed by atoms with Crippen molar-refractivity contribution >= 4 is 34.3 Å². The first-order valence-corrected chi connectivity index (χ1v) is 9.22. The average Bonchev–Trinajstić information content (AvgIpc) is 2.53. The summed E-state index contributed by atoms with van der Waals surface area (Å²) in [7, 11) is 0. The van der Waals surface area contributed by atoms with Crippen LogP contribution < -0.4 is 5.73 Å². The molecule has 0 radical (unpaired) electrons. The molecule has 3 unspecified atom stereocenters. The lowest BCUT2D eigenvalue weighted by molar-refractivity contribution is 0.634. The number of hydrogen-bond donors (Lipinski definition) is 1. The van der Waals surface area contributed by atoms with Gasteiger partial charge in [-0.3, -0.25) is 4.98 Å². The lowest BCUT2D eigenvalue weighted by atomic mass is 9.96. The average molecular weight is 304 g/mol. The first-order chi connectivity index (χ1) is 9.81. The third-order valence-electron chi connectivity index (χ3n) is 3.92. The third-order valence-corrected chi connectivity index (χ3v) is 7.29. The molecular formula is C16H20N2S2. The fraction of sp³-hybridized carbons (Fsp3) is 0.438. The molecular weight excluding hydrogens is 284 g/mol. The molecule has 0 amide bonds. The van der Waals surface area contributed by atoms with E-state index in [4.69, 9.17) is 5.73 Å². The Kier molecular flexibility index (Phi) is 4.54. The highest BCUT2D eigenvalue weighted by Crippen LogP contribution is 2.40. The molecule has 0 aliphatic carbocycles. The first kappa shape index (κ1) is 14.2. The van der Waals surface area contributed by atoms with E-state index in [1.54, 1.807) is 0 Å². The second-order valence-corrected chi connectivity index (χ2v) is 7.76. The molecule has 3 atom stereocenters. The number of fused-ring (bicyclic) bond motifs is 1. The van der Waals surface area contributed by atoms with Gasteiger partial charge in [-0.15, -0.1) is 0 Å². The number of nitrogens with zero attached hydrogens (tertiary/aromatic N) is 1. The van der Waals surface area contributed by atoms with E-state index in [-0.39, 0.29) is 6.04 Å². The highest BCUT2D eigenvalue weighted by Gasteiger charge is 2.31. The van der Waals surface area contributed by atoms with E-state index in [9.17, 15) is 0 Å². The van der Waals surface area contributed by atoms with Gasteiger partial charge in [-0.1, -0.05) is 25.1 Å². The SMILES string of the molecule is CCC1SCCSC1C(N)c1cccc2cnccc12. The predicted octanol–water partition coefficient (Wildman–Crippen LogP) is 3.86. The van der Waals surface area contributed by atoms with Crippen LogP contribution in [-0.4, -0.2) is 27.0 Å². The van der Waals surface area contributed by atoms with E-state index in [0.29, 0.717) is 10.5 Å². The maximum absolute atomic E-state index is 6.65. The molecule has 2 nitrogen and oxygen atoms in total. The first-order valence-electron chi connectivity index (χ1n) is 7.12. The van der Waals surface area contributed by atoms with Crippen molar-refractivity contribution in [3.63, 3.8) is 0 Å². The Balaban J connectivity index is 1.97. The van der Waals surface area contributed by atoms with Crippen molar-refractivity contribution in [2.24, 2.45) is 5.73 Å². The summed E-state index contributed by atoms with van der Waals surface area (Å²) in [5.41, 5.74) is 7.91. The molecule has 1 aliphatic heterocycles. The van der Waals surface area contributed by atoms with Crippen LogP contribution in [0.2, 0.25) is 0 Å². The zero-order chi connectivity index (χ0) is 13.9. The van der Waals surface area contributed by atoms with E-state index in [2.05, 4.69) is 47.9 Å². The molecule has 4 heteroatoms. The van der Waals surface area contributed by atoms with Gasteiger partial charge in [0.2, 0.25) is 0 Å². The van der Waals surface area contributed by atoms with Crippen LogP contribution in [0.15, 0.2) is 36.7 Å². The molecule has 1 fully saturated rings. The van der Waals surface area contributed by atoms with E-state index in [0.717, 1.165) is 0 Å². The second-order valence-electron chi connectivity index (χ2n) is 5.12. The Bertz CT molecular complexity index is 582. The van der Waals surface area contributed by atoms with Crippen molar-refractivity contribution in [3.8, 4) is 0 Å². The Labute approximate surface area is 128 Å². The van der Waals surface area contributed by atoms with Crippen molar-refractivity contribution in [1.82, 2.24) is 4.98 Å². The van der Waals surface area contributed by atoms with Crippen LogP contribution in [0.1, 0.15) is 24.9 Å². The number of nitrogens with two attached hydrogens (primary N) is 1. The fourth-order valence-corrected chi connectivity index (χ4v) is 6.06. The molecule has 1 saturated heterocycles. The number of benzene rings is 1. The smallest absolute Gasteiger partial charge is 0.0432 e. The van der Waals surface area contributed by atoms with E-state index < -0.39 is 0 Å². The summed E-state index contributed by atoms with van der Waals surface area (Å²) in [5, 5.41) is 3.61. The van der Waals surface area contributed by atoms with Crippen LogP contribution in [-0.2, 0) is 0 Å². The van der Waals surface area contributed by atoms with Gasteiger partial charge in [0.05, 0.1) is 0 Å². The number of hydrogen-bond acceptors (Lipinski definition) is 4. The minimum absolute atomic E-state index is 0.101. The molecule has 1 aliphatic rings. The lowest BCUT2D eigenvalue weighted by Crippen LogP contribution is -2.35. The summed E-state index contributed by atoms with van der Waals surface area (Å²) in [5.74, 6) is 2.47. The van der Waals surface area contributed by atoms with Crippen molar-refractivity contribution in [3.05, 3.63) is 42.2 Å². The predicted molar refractivity (Wildman–Crippen MR) is 91.5 cm³/mol. The van der Waals surface area contributed by atoms with Gasteiger partial charge in [0.15, 0.2) is 0 Å². The molecule has 1 aromatic carbocycles. The fourth-order valence-electron chi connectivity index (χ4n) is 2.89. The molecule has 20 heavy (non-hydrogen) atoms. The lowest BCUT2D eigenvalue weighted by Gasteiger charge is -2.34. The molecule has 106 valence electrons. The maximum Gasteiger partial charge on any atom is 0.0432 e. The normalized spacial score (nSPS) is 24.7. The summed E-state index contributed by atoms with van der Waals surface area (Å²) >= 11 is 4.13. The number of pyridine rings is 1. The summed E-state index contributed by atoms with van der Waals surface area (Å²) < 4.78 is 0. The van der Waals surface area contributed by atoms with Crippen LogP contribution >= 0.6 is 23.5 Å². The van der Waals surface area contributed by atoms with Gasteiger partial charge in [0, 0.05) is 45.8 Å². The highest BCUT2D eigenvalue weighted by molar-refractivity contribution is 8.07. The Morgan fingerprint density at radius 3 is 3.00 bits per heavy atom. The van der Waals surface area contributed by atoms with Crippen molar-refractivity contribution in [2.75, 3.05) is 11.5 Å². The van der Waals surface area contributed by atoms with Crippen molar-refractivity contribution in [1.29, 1.82) is 0 Å². The topological polar surface area (TPSA) is 38.9 Å². The Morgan fingerprint density at radius 2 is 2.15 bits per heavy atom. The van der Waals surface area contributed by atoms with Gasteiger partial charge in [-0.2, -0.15) is 23.5 Å². The van der Waals surface area contributed by atoms with Crippen LogP contribution in [0.25, 0.3) is 10.8 Å². The van der Waals surface area contributed by atoms with Crippen molar-refractivity contribution < 1.29 is 0 Å².